The molecule has 1 atom stereocenters. The van der Waals surface area contributed by atoms with Crippen LogP contribution in [0.15, 0.2) is 48.7 Å². The number of nitrogens with one attached hydrogen (secondary N) is 1. The molecule has 2 heterocycles. The molecule has 1 aromatic heterocycles. The van der Waals surface area contributed by atoms with Gasteiger partial charge in [-0.1, -0.05) is 36.4 Å². The minimum absolute atomic E-state index is 0.0138. The van der Waals surface area contributed by atoms with Crippen LogP contribution in [0.25, 0.3) is 10.8 Å². The fraction of sp³-hybridized carbons (Fsp3) is 0.346. The van der Waals surface area contributed by atoms with Crippen molar-refractivity contribution in [3.63, 3.8) is 0 Å². The molecule has 0 radical (unpaired) electrons. The maximum Gasteiger partial charge on any atom is 0.254 e. The summed E-state index contributed by atoms with van der Waals surface area (Å²) in [5.41, 5.74) is 3.38. The number of amides is 2. The van der Waals surface area contributed by atoms with E-state index >= 15 is 0 Å². The van der Waals surface area contributed by atoms with Crippen molar-refractivity contribution < 1.29 is 14.3 Å². The van der Waals surface area contributed by atoms with Crippen LogP contribution >= 0.6 is 0 Å². The normalized spacial score (nSPS) is 16.1. The van der Waals surface area contributed by atoms with Crippen molar-refractivity contribution in [2.75, 3.05) is 20.2 Å². The Morgan fingerprint density at radius 3 is 2.75 bits per heavy atom. The van der Waals surface area contributed by atoms with Crippen LogP contribution in [0.5, 0.6) is 5.75 Å². The fourth-order valence-electron chi connectivity index (χ4n) is 4.52. The second-order valence-electron chi connectivity index (χ2n) is 8.38. The number of carbonyl (C=O) groups is 2. The van der Waals surface area contributed by atoms with E-state index in [2.05, 4.69) is 10.3 Å². The van der Waals surface area contributed by atoms with E-state index in [0.717, 1.165) is 46.2 Å². The van der Waals surface area contributed by atoms with Crippen LogP contribution in [0.4, 0.5) is 0 Å². The number of fused-ring (bicyclic) bond motifs is 1. The number of aromatic nitrogens is 1. The standard InChI is InChI=1S/C26H29N3O3/c1-17-14-27-23(18(2)24(17)32-3)15-28-25(30)20-10-7-13-29(16-20)26(31)22-12-6-9-19-8-4-5-11-21(19)22/h4-6,8-9,11-12,14,20H,7,10,13,15-16H2,1-3H3,(H,28,30). The summed E-state index contributed by atoms with van der Waals surface area (Å²) >= 11 is 0. The molecule has 1 aliphatic rings. The molecule has 1 aliphatic heterocycles. The topological polar surface area (TPSA) is 71.5 Å². The van der Waals surface area contributed by atoms with E-state index in [1.807, 2.05) is 61.2 Å². The van der Waals surface area contributed by atoms with Gasteiger partial charge in [0, 0.05) is 36.0 Å². The molecule has 1 unspecified atom stereocenters. The fourth-order valence-corrected chi connectivity index (χ4v) is 4.52. The molecule has 6 heteroatoms. The van der Waals surface area contributed by atoms with E-state index in [-0.39, 0.29) is 17.7 Å². The molecule has 3 aromatic rings. The largest absolute Gasteiger partial charge is 0.496 e. The van der Waals surface area contributed by atoms with Gasteiger partial charge in [-0.15, -0.1) is 0 Å². The Kier molecular flexibility index (Phi) is 6.40. The highest BCUT2D eigenvalue weighted by molar-refractivity contribution is 6.07. The number of piperidine rings is 1. The Morgan fingerprint density at radius 2 is 1.94 bits per heavy atom. The summed E-state index contributed by atoms with van der Waals surface area (Å²) in [5.74, 6) is 0.519. The third kappa shape index (κ3) is 4.31. The zero-order chi connectivity index (χ0) is 22.7. The van der Waals surface area contributed by atoms with Gasteiger partial charge in [-0.25, -0.2) is 0 Å². The minimum atomic E-state index is -0.227. The molecule has 166 valence electrons. The van der Waals surface area contributed by atoms with Gasteiger partial charge in [0.25, 0.3) is 5.91 Å². The van der Waals surface area contributed by atoms with Crippen molar-refractivity contribution in [3.05, 3.63) is 71.0 Å². The number of aryl methyl sites for hydroxylation is 1. The number of likely N-dealkylation sites (tertiary alicyclic amines) is 1. The Labute approximate surface area is 188 Å². The lowest BCUT2D eigenvalue weighted by Crippen LogP contribution is -2.45. The van der Waals surface area contributed by atoms with Crippen LogP contribution < -0.4 is 10.1 Å². The average Bonchev–Trinajstić information content (AvgIpc) is 2.83. The number of hydrogen-bond acceptors (Lipinski definition) is 4. The van der Waals surface area contributed by atoms with Crippen LogP contribution in [-0.2, 0) is 11.3 Å². The Bertz CT molecular complexity index is 1150. The number of carbonyl (C=O) groups excluding carboxylic acids is 2. The van der Waals surface area contributed by atoms with Crippen LogP contribution in [0.1, 0.15) is 40.0 Å². The average molecular weight is 432 g/mol. The Morgan fingerprint density at radius 1 is 1.16 bits per heavy atom. The van der Waals surface area contributed by atoms with Crippen molar-refractivity contribution >= 4 is 22.6 Å². The van der Waals surface area contributed by atoms with Crippen molar-refractivity contribution in [3.8, 4) is 5.75 Å². The van der Waals surface area contributed by atoms with Crippen LogP contribution in [0.2, 0.25) is 0 Å². The lowest BCUT2D eigenvalue weighted by molar-refractivity contribution is -0.126. The van der Waals surface area contributed by atoms with Gasteiger partial charge in [-0.3, -0.25) is 14.6 Å². The second kappa shape index (κ2) is 9.39. The van der Waals surface area contributed by atoms with Gasteiger partial charge in [-0.05, 0) is 43.5 Å². The molecule has 2 amide bonds. The maximum atomic E-state index is 13.3. The molecule has 0 spiro atoms. The van der Waals surface area contributed by atoms with Crippen molar-refractivity contribution in [1.82, 2.24) is 15.2 Å². The number of hydrogen-bond donors (Lipinski definition) is 1. The Balaban J connectivity index is 1.44. The molecule has 0 bridgehead atoms. The van der Waals surface area contributed by atoms with Crippen LogP contribution in [0, 0.1) is 19.8 Å². The predicted octanol–water partition coefficient (Wildman–Crippen LogP) is 4.03. The maximum absolute atomic E-state index is 13.3. The smallest absolute Gasteiger partial charge is 0.254 e. The monoisotopic (exact) mass is 431 g/mol. The summed E-state index contributed by atoms with van der Waals surface area (Å²) in [5, 5.41) is 5.00. The van der Waals surface area contributed by atoms with Gasteiger partial charge in [0.05, 0.1) is 25.3 Å². The summed E-state index contributed by atoms with van der Waals surface area (Å²) in [6.45, 7) is 5.34. The molecule has 1 saturated heterocycles. The molecular weight excluding hydrogens is 402 g/mol. The van der Waals surface area contributed by atoms with Gasteiger partial charge in [-0.2, -0.15) is 0 Å². The summed E-state index contributed by atoms with van der Waals surface area (Å²) in [7, 11) is 1.64. The quantitative estimate of drug-likeness (QED) is 0.662. The summed E-state index contributed by atoms with van der Waals surface area (Å²) in [4.78, 5) is 32.5. The van der Waals surface area contributed by atoms with Crippen molar-refractivity contribution in [2.45, 2.75) is 33.2 Å². The molecule has 1 N–H and O–H groups in total. The summed E-state index contributed by atoms with van der Waals surface area (Å²) < 4.78 is 5.46. The highest BCUT2D eigenvalue weighted by Gasteiger charge is 2.29. The second-order valence-corrected chi connectivity index (χ2v) is 8.38. The molecule has 6 nitrogen and oxygen atoms in total. The number of benzene rings is 2. The highest BCUT2D eigenvalue weighted by Crippen LogP contribution is 2.25. The van der Waals surface area contributed by atoms with E-state index in [9.17, 15) is 9.59 Å². The molecule has 0 aliphatic carbocycles. The highest BCUT2D eigenvalue weighted by atomic mass is 16.5. The number of nitrogens with zero attached hydrogens (tertiary/aromatic N) is 2. The minimum Gasteiger partial charge on any atom is -0.496 e. The van der Waals surface area contributed by atoms with E-state index < -0.39 is 0 Å². The van der Waals surface area contributed by atoms with Gasteiger partial charge in [0.15, 0.2) is 0 Å². The van der Waals surface area contributed by atoms with Gasteiger partial charge < -0.3 is 15.0 Å². The lowest BCUT2D eigenvalue weighted by Gasteiger charge is -2.32. The van der Waals surface area contributed by atoms with Gasteiger partial charge >= 0.3 is 0 Å². The molecule has 2 aromatic carbocycles. The first-order valence-electron chi connectivity index (χ1n) is 11.0. The number of ether oxygens (including phenoxy) is 1. The number of rotatable bonds is 5. The molecular formula is C26H29N3O3. The first kappa shape index (κ1) is 21.8. The van der Waals surface area contributed by atoms with E-state index in [1.54, 1.807) is 13.3 Å². The number of pyridine rings is 1. The zero-order valence-electron chi connectivity index (χ0n) is 18.9. The van der Waals surface area contributed by atoms with Gasteiger partial charge in [0.1, 0.15) is 5.75 Å². The van der Waals surface area contributed by atoms with Crippen LogP contribution in [-0.4, -0.2) is 41.9 Å². The van der Waals surface area contributed by atoms with Crippen molar-refractivity contribution in [2.24, 2.45) is 5.92 Å². The van der Waals surface area contributed by atoms with Gasteiger partial charge in [0.2, 0.25) is 5.91 Å². The van der Waals surface area contributed by atoms with E-state index in [0.29, 0.717) is 25.2 Å². The summed E-state index contributed by atoms with van der Waals surface area (Å²) in [6.07, 6.45) is 3.34. The lowest BCUT2D eigenvalue weighted by atomic mass is 9.95. The third-order valence-corrected chi connectivity index (χ3v) is 6.28. The van der Waals surface area contributed by atoms with E-state index in [4.69, 9.17) is 4.74 Å². The molecule has 0 saturated carbocycles. The summed E-state index contributed by atoms with van der Waals surface area (Å²) in [6, 6.07) is 13.7. The molecule has 1 fully saturated rings. The molecule has 4 rings (SSSR count). The SMILES string of the molecule is COc1c(C)cnc(CNC(=O)C2CCCN(C(=O)c3cccc4ccccc34)C2)c1C. The van der Waals surface area contributed by atoms with Crippen LogP contribution in [0.3, 0.4) is 0 Å². The molecule has 32 heavy (non-hydrogen) atoms. The zero-order valence-corrected chi connectivity index (χ0v) is 18.9. The first-order valence-corrected chi connectivity index (χ1v) is 11.0. The Hall–Kier alpha value is -3.41. The first-order chi connectivity index (χ1) is 15.5. The predicted molar refractivity (Wildman–Crippen MR) is 125 cm³/mol. The van der Waals surface area contributed by atoms with E-state index in [1.165, 1.54) is 0 Å². The third-order valence-electron chi connectivity index (χ3n) is 6.28. The number of methoxy groups -OCH3 is 1. The van der Waals surface area contributed by atoms with Crippen molar-refractivity contribution in [1.29, 1.82) is 0 Å².